The van der Waals surface area contributed by atoms with Gasteiger partial charge < -0.3 is 5.32 Å². The summed E-state index contributed by atoms with van der Waals surface area (Å²) >= 11 is 5.39. The number of rotatable bonds is 2. The first-order valence-corrected chi connectivity index (χ1v) is 6.69. The molecule has 1 aromatic rings. The molecule has 1 aliphatic rings. The van der Waals surface area contributed by atoms with Crippen LogP contribution in [0.3, 0.4) is 0 Å². The van der Waals surface area contributed by atoms with E-state index >= 15 is 0 Å². The smallest absolute Gasteiger partial charge is 0.293 e. The predicted octanol–water partition coefficient (Wildman–Crippen LogP) is 3.28. The van der Waals surface area contributed by atoms with Crippen molar-refractivity contribution in [2.24, 2.45) is 0 Å². The van der Waals surface area contributed by atoms with Crippen LogP contribution in [0.2, 0.25) is 0 Å². The highest BCUT2D eigenvalue weighted by atomic mass is 32.1. The fourth-order valence-electron chi connectivity index (χ4n) is 2.47. The highest BCUT2D eigenvalue weighted by Crippen LogP contribution is 2.36. The second kappa shape index (κ2) is 4.86. The van der Waals surface area contributed by atoms with Gasteiger partial charge in [-0.2, -0.15) is 0 Å². The minimum absolute atomic E-state index is 0.0570. The van der Waals surface area contributed by atoms with Crippen molar-refractivity contribution in [1.29, 1.82) is 0 Å². The highest BCUT2D eigenvalue weighted by molar-refractivity contribution is 7.80. The van der Waals surface area contributed by atoms with Gasteiger partial charge in [0.2, 0.25) is 0 Å². The molecule has 0 aliphatic carbocycles. The molecule has 20 heavy (non-hydrogen) atoms. The average molecular weight is 291 g/mol. The van der Waals surface area contributed by atoms with Gasteiger partial charge in [-0.1, -0.05) is 12.1 Å². The van der Waals surface area contributed by atoms with Gasteiger partial charge in [0.1, 0.15) is 5.69 Å². The second-order valence-electron chi connectivity index (χ2n) is 5.47. The van der Waals surface area contributed by atoms with Crippen molar-refractivity contribution in [2.45, 2.75) is 33.2 Å². The number of benzene rings is 1. The van der Waals surface area contributed by atoms with Crippen molar-refractivity contribution in [3.05, 3.63) is 45.6 Å². The van der Waals surface area contributed by atoms with E-state index in [1.54, 1.807) is 11.0 Å². The number of nitrogens with zero attached hydrogens (tertiary/aromatic N) is 2. The molecule has 1 heterocycles. The van der Waals surface area contributed by atoms with E-state index in [2.05, 4.69) is 5.32 Å². The van der Waals surface area contributed by atoms with Crippen molar-refractivity contribution in [3.8, 4) is 0 Å². The molecule has 2 rings (SSSR count). The normalized spacial score (nSPS) is 17.5. The number of anilines is 1. The van der Waals surface area contributed by atoms with Crippen molar-refractivity contribution in [1.82, 2.24) is 5.32 Å². The van der Waals surface area contributed by atoms with E-state index in [0.717, 1.165) is 11.3 Å². The summed E-state index contributed by atoms with van der Waals surface area (Å²) in [5.74, 6) is 0. The van der Waals surface area contributed by atoms with Crippen LogP contribution in [0.25, 0.3) is 0 Å². The Morgan fingerprint density at radius 2 is 2.00 bits per heavy atom. The summed E-state index contributed by atoms with van der Waals surface area (Å²) in [4.78, 5) is 12.6. The standard InChI is InChI=1S/C14H17N3O2S/c1-9-6-5-7-11(17(18)19)12(9)16-10(2)8-14(3,4)15-13(16)20/h5-8H,1-4H3,(H,15,20). The number of nitrogens with one attached hydrogen (secondary N) is 1. The maximum absolute atomic E-state index is 11.3. The van der Waals surface area contributed by atoms with Gasteiger partial charge in [0, 0.05) is 11.8 Å². The van der Waals surface area contributed by atoms with Gasteiger partial charge >= 0.3 is 0 Å². The number of hydrogen-bond acceptors (Lipinski definition) is 3. The van der Waals surface area contributed by atoms with Gasteiger partial charge in [0.25, 0.3) is 5.69 Å². The van der Waals surface area contributed by atoms with E-state index < -0.39 is 0 Å². The van der Waals surface area contributed by atoms with E-state index in [0.29, 0.717) is 10.8 Å². The number of thiocarbonyl (C=S) groups is 1. The van der Waals surface area contributed by atoms with Crippen LogP contribution in [-0.2, 0) is 0 Å². The molecule has 0 bridgehead atoms. The minimum atomic E-state index is -0.377. The van der Waals surface area contributed by atoms with Gasteiger partial charge in [-0.05, 0) is 51.6 Å². The Hall–Kier alpha value is -1.95. The third kappa shape index (κ3) is 2.51. The van der Waals surface area contributed by atoms with Gasteiger partial charge in [-0.3, -0.25) is 15.0 Å². The van der Waals surface area contributed by atoms with E-state index in [1.165, 1.54) is 6.07 Å². The summed E-state index contributed by atoms with van der Waals surface area (Å²) in [6.45, 7) is 7.77. The van der Waals surface area contributed by atoms with E-state index in [9.17, 15) is 10.1 Å². The Labute approximate surface area is 123 Å². The fraction of sp³-hybridized carbons (Fsp3) is 0.357. The number of para-hydroxylation sites is 1. The molecule has 0 saturated heterocycles. The summed E-state index contributed by atoms with van der Waals surface area (Å²) in [5.41, 5.74) is 2.03. The summed E-state index contributed by atoms with van der Waals surface area (Å²) in [7, 11) is 0. The SMILES string of the molecule is CC1=CC(C)(C)NC(=S)N1c1c(C)cccc1[N+](=O)[O-]. The lowest BCUT2D eigenvalue weighted by Gasteiger charge is -2.38. The third-order valence-corrected chi connectivity index (χ3v) is 3.48. The summed E-state index contributed by atoms with van der Waals surface area (Å²) in [6.07, 6.45) is 2.01. The fourth-order valence-corrected chi connectivity index (χ4v) is 2.97. The van der Waals surface area contributed by atoms with Crippen molar-refractivity contribution in [2.75, 3.05) is 4.90 Å². The summed E-state index contributed by atoms with van der Waals surface area (Å²) in [6, 6.07) is 5.02. The van der Waals surface area contributed by atoms with Crippen LogP contribution in [0, 0.1) is 17.0 Å². The number of aryl methyl sites for hydroxylation is 1. The maximum Gasteiger partial charge on any atom is 0.293 e. The molecule has 0 spiro atoms. The lowest BCUT2D eigenvalue weighted by molar-refractivity contribution is -0.384. The first-order valence-electron chi connectivity index (χ1n) is 6.29. The lowest BCUT2D eigenvalue weighted by Crippen LogP contribution is -2.53. The number of allylic oxidation sites excluding steroid dienone is 1. The molecule has 6 heteroatoms. The second-order valence-corrected chi connectivity index (χ2v) is 5.86. The van der Waals surface area contributed by atoms with Crippen molar-refractivity contribution < 1.29 is 4.92 Å². The monoisotopic (exact) mass is 291 g/mol. The molecule has 5 nitrogen and oxygen atoms in total. The maximum atomic E-state index is 11.3. The Bertz CT molecular complexity index is 623. The van der Waals surface area contributed by atoms with Crippen LogP contribution in [0.1, 0.15) is 26.3 Å². The lowest BCUT2D eigenvalue weighted by atomic mass is 10.0. The molecule has 0 unspecified atom stereocenters. The van der Waals surface area contributed by atoms with Crippen LogP contribution in [0.15, 0.2) is 30.0 Å². The number of nitro groups is 1. The highest BCUT2D eigenvalue weighted by Gasteiger charge is 2.32. The zero-order chi connectivity index (χ0) is 15.1. The molecule has 1 N–H and O–H groups in total. The van der Waals surface area contributed by atoms with Crippen LogP contribution in [-0.4, -0.2) is 15.6 Å². The molecule has 0 saturated carbocycles. The van der Waals surface area contributed by atoms with Crippen molar-refractivity contribution >= 4 is 28.7 Å². The molecule has 106 valence electrons. The topological polar surface area (TPSA) is 58.4 Å². The Kier molecular flexibility index (Phi) is 3.52. The van der Waals surface area contributed by atoms with Crippen LogP contribution in [0.5, 0.6) is 0 Å². The quantitative estimate of drug-likeness (QED) is 0.515. The molecular weight excluding hydrogens is 274 g/mol. The molecule has 0 aromatic heterocycles. The van der Waals surface area contributed by atoms with Crippen LogP contribution >= 0.6 is 12.2 Å². The molecule has 0 fully saturated rings. The van der Waals surface area contributed by atoms with E-state index in [4.69, 9.17) is 12.2 Å². The Balaban J connectivity index is 2.63. The molecule has 0 amide bonds. The third-order valence-electron chi connectivity index (χ3n) is 3.19. The first-order chi connectivity index (χ1) is 9.23. The molecular formula is C14H17N3O2S. The zero-order valence-electron chi connectivity index (χ0n) is 11.9. The molecule has 1 aromatic carbocycles. The largest absolute Gasteiger partial charge is 0.354 e. The van der Waals surface area contributed by atoms with Gasteiger partial charge in [-0.15, -0.1) is 0 Å². The van der Waals surface area contributed by atoms with Crippen LogP contribution in [0.4, 0.5) is 11.4 Å². The summed E-state index contributed by atoms with van der Waals surface area (Å²) in [5, 5.41) is 14.9. The molecule has 0 atom stereocenters. The Morgan fingerprint density at radius 3 is 2.55 bits per heavy atom. The van der Waals surface area contributed by atoms with E-state index in [1.807, 2.05) is 39.8 Å². The number of hydrogen-bond donors (Lipinski definition) is 1. The van der Waals surface area contributed by atoms with Crippen molar-refractivity contribution in [3.63, 3.8) is 0 Å². The first kappa shape index (κ1) is 14.5. The van der Waals surface area contributed by atoms with Gasteiger partial charge in [-0.25, -0.2) is 0 Å². The molecule has 1 aliphatic heterocycles. The van der Waals surface area contributed by atoms with E-state index in [-0.39, 0.29) is 16.1 Å². The minimum Gasteiger partial charge on any atom is -0.354 e. The number of nitro benzene ring substituents is 1. The van der Waals surface area contributed by atoms with Crippen LogP contribution < -0.4 is 10.2 Å². The zero-order valence-corrected chi connectivity index (χ0v) is 12.7. The molecule has 0 radical (unpaired) electrons. The Morgan fingerprint density at radius 1 is 1.35 bits per heavy atom. The van der Waals surface area contributed by atoms with Gasteiger partial charge in [0.05, 0.1) is 10.5 Å². The predicted molar refractivity (Wildman–Crippen MR) is 83.9 cm³/mol. The summed E-state index contributed by atoms with van der Waals surface area (Å²) < 4.78 is 0. The average Bonchev–Trinajstić information content (AvgIpc) is 2.28. The van der Waals surface area contributed by atoms with Gasteiger partial charge in [0.15, 0.2) is 5.11 Å².